The van der Waals surface area contributed by atoms with Gasteiger partial charge in [-0.3, -0.25) is 9.59 Å². The highest BCUT2D eigenvalue weighted by Crippen LogP contribution is 2.25. The molecule has 6 nitrogen and oxygen atoms in total. The van der Waals surface area contributed by atoms with E-state index in [0.29, 0.717) is 5.69 Å². The third kappa shape index (κ3) is 4.94. The van der Waals surface area contributed by atoms with Gasteiger partial charge in [0.15, 0.2) is 0 Å². The predicted molar refractivity (Wildman–Crippen MR) is 105 cm³/mol. The number of esters is 1. The van der Waals surface area contributed by atoms with Crippen LogP contribution in [-0.4, -0.2) is 30.9 Å². The normalized spacial score (nSPS) is 10.2. The smallest absolute Gasteiger partial charge is 0.340 e. The summed E-state index contributed by atoms with van der Waals surface area (Å²) < 4.78 is 5.02. The van der Waals surface area contributed by atoms with Crippen molar-refractivity contribution >= 4 is 29.2 Å². The molecule has 1 N–H and O–H groups in total. The molecule has 6 heteroatoms. The Hall–Kier alpha value is -3.15. The average molecular weight is 368 g/mol. The fourth-order valence-corrected chi connectivity index (χ4v) is 2.89. The molecule has 2 aromatic rings. The number of amides is 2. The van der Waals surface area contributed by atoms with Gasteiger partial charge in [0.1, 0.15) is 6.54 Å². The predicted octanol–water partition coefficient (Wildman–Crippen LogP) is 3.47. The van der Waals surface area contributed by atoms with Gasteiger partial charge in [-0.25, -0.2) is 4.79 Å². The van der Waals surface area contributed by atoms with Crippen LogP contribution in [0.25, 0.3) is 0 Å². The molecule has 0 spiro atoms. The summed E-state index contributed by atoms with van der Waals surface area (Å²) in [5.41, 5.74) is 3.16. The van der Waals surface area contributed by atoms with Crippen LogP contribution in [0.5, 0.6) is 0 Å². The van der Waals surface area contributed by atoms with Crippen LogP contribution in [0.4, 0.5) is 11.4 Å². The van der Waals surface area contributed by atoms with Gasteiger partial charge in [0.25, 0.3) is 0 Å². The number of nitrogens with zero attached hydrogens (tertiary/aromatic N) is 1. The van der Waals surface area contributed by atoms with E-state index >= 15 is 0 Å². The molecule has 2 amide bonds. The fraction of sp³-hybridized carbons (Fsp3) is 0.286. The lowest BCUT2D eigenvalue weighted by Gasteiger charge is -2.24. The first-order valence-electron chi connectivity index (χ1n) is 8.75. The topological polar surface area (TPSA) is 75.7 Å². The standard InChI is InChI=1S/C21H24N2O4/c1-5-27-21(26)17-11-6-7-12-18(17)22-19(25)13-23(16(4)24)20-14(2)9-8-10-15(20)3/h6-12H,5,13H2,1-4H3,(H,22,25). The van der Waals surface area contributed by atoms with E-state index in [9.17, 15) is 14.4 Å². The summed E-state index contributed by atoms with van der Waals surface area (Å²) in [6.45, 7) is 7.02. The number of aryl methyl sites for hydroxylation is 2. The molecule has 0 aromatic heterocycles. The molecule has 0 aliphatic carbocycles. The van der Waals surface area contributed by atoms with Gasteiger partial charge in [-0.1, -0.05) is 30.3 Å². The van der Waals surface area contributed by atoms with Crippen molar-refractivity contribution in [1.82, 2.24) is 0 Å². The third-order valence-corrected chi connectivity index (χ3v) is 4.09. The minimum absolute atomic E-state index is 0.155. The lowest BCUT2D eigenvalue weighted by Crippen LogP contribution is -2.37. The molecule has 0 radical (unpaired) electrons. The van der Waals surface area contributed by atoms with Crippen molar-refractivity contribution in [3.63, 3.8) is 0 Å². The number of carbonyl (C=O) groups excluding carboxylic acids is 3. The van der Waals surface area contributed by atoms with Crippen molar-refractivity contribution in [3.8, 4) is 0 Å². The average Bonchev–Trinajstić information content (AvgIpc) is 2.61. The Morgan fingerprint density at radius 3 is 2.22 bits per heavy atom. The number of nitrogens with one attached hydrogen (secondary N) is 1. The number of anilines is 2. The Morgan fingerprint density at radius 2 is 1.63 bits per heavy atom. The first kappa shape index (κ1) is 20.2. The van der Waals surface area contributed by atoms with Crippen LogP contribution in [0.3, 0.4) is 0 Å². The maximum atomic E-state index is 12.6. The van der Waals surface area contributed by atoms with Crippen LogP contribution < -0.4 is 10.2 Å². The molecule has 0 aliphatic rings. The van der Waals surface area contributed by atoms with E-state index in [2.05, 4.69) is 5.32 Å². The summed E-state index contributed by atoms with van der Waals surface area (Å²) >= 11 is 0. The molecule has 142 valence electrons. The van der Waals surface area contributed by atoms with Crippen molar-refractivity contribution in [2.45, 2.75) is 27.7 Å². The Kier molecular flexibility index (Phi) is 6.71. The number of hydrogen-bond donors (Lipinski definition) is 1. The van der Waals surface area contributed by atoms with Crippen LogP contribution in [0.2, 0.25) is 0 Å². The van der Waals surface area contributed by atoms with Gasteiger partial charge in [-0.2, -0.15) is 0 Å². The number of benzene rings is 2. The molecular formula is C21H24N2O4. The summed E-state index contributed by atoms with van der Waals surface area (Å²) in [4.78, 5) is 38.3. The number of ether oxygens (including phenoxy) is 1. The van der Waals surface area contributed by atoms with Gasteiger partial charge in [-0.05, 0) is 44.0 Å². The van der Waals surface area contributed by atoms with Crippen LogP contribution in [0.15, 0.2) is 42.5 Å². The summed E-state index contributed by atoms with van der Waals surface area (Å²) in [5, 5.41) is 2.71. The molecular weight excluding hydrogens is 344 g/mol. The first-order valence-corrected chi connectivity index (χ1v) is 8.75. The Labute approximate surface area is 159 Å². The van der Waals surface area contributed by atoms with Crippen LogP contribution in [-0.2, 0) is 14.3 Å². The second-order valence-electron chi connectivity index (χ2n) is 6.16. The van der Waals surface area contributed by atoms with E-state index in [1.54, 1.807) is 31.2 Å². The number of carbonyl (C=O) groups is 3. The maximum Gasteiger partial charge on any atom is 0.340 e. The Morgan fingerprint density at radius 1 is 1.00 bits per heavy atom. The van der Waals surface area contributed by atoms with Gasteiger partial charge in [0.2, 0.25) is 11.8 Å². The van der Waals surface area contributed by atoms with E-state index in [0.717, 1.165) is 16.8 Å². The van der Waals surface area contributed by atoms with E-state index < -0.39 is 11.9 Å². The van der Waals surface area contributed by atoms with E-state index in [1.165, 1.54) is 11.8 Å². The Bertz CT molecular complexity index is 841. The molecule has 0 aliphatic heterocycles. The third-order valence-electron chi connectivity index (χ3n) is 4.09. The van der Waals surface area contributed by atoms with Crippen molar-refractivity contribution in [1.29, 1.82) is 0 Å². The minimum atomic E-state index is -0.508. The van der Waals surface area contributed by atoms with E-state index in [4.69, 9.17) is 4.74 Å². The minimum Gasteiger partial charge on any atom is -0.462 e. The van der Waals surface area contributed by atoms with Crippen LogP contribution in [0.1, 0.15) is 35.3 Å². The second-order valence-corrected chi connectivity index (χ2v) is 6.16. The number of para-hydroxylation sites is 2. The highest BCUT2D eigenvalue weighted by molar-refractivity contribution is 6.05. The first-order chi connectivity index (χ1) is 12.8. The highest BCUT2D eigenvalue weighted by atomic mass is 16.5. The summed E-state index contributed by atoms with van der Waals surface area (Å²) in [5.74, 6) is -1.14. The molecule has 0 bridgehead atoms. The monoisotopic (exact) mass is 368 g/mol. The second kappa shape index (κ2) is 8.98. The van der Waals surface area contributed by atoms with Crippen LogP contribution >= 0.6 is 0 Å². The maximum absolute atomic E-state index is 12.6. The molecule has 2 aromatic carbocycles. The number of hydrogen-bond acceptors (Lipinski definition) is 4. The molecule has 0 unspecified atom stereocenters. The van der Waals surface area contributed by atoms with E-state index in [-0.39, 0.29) is 24.6 Å². The fourth-order valence-electron chi connectivity index (χ4n) is 2.89. The van der Waals surface area contributed by atoms with Gasteiger partial charge in [0, 0.05) is 6.92 Å². The summed E-state index contributed by atoms with van der Waals surface area (Å²) in [6, 6.07) is 12.3. The van der Waals surface area contributed by atoms with Gasteiger partial charge in [0.05, 0.1) is 23.5 Å². The SMILES string of the molecule is CCOC(=O)c1ccccc1NC(=O)CN(C(C)=O)c1c(C)cccc1C. The molecule has 27 heavy (non-hydrogen) atoms. The van der Waals surface area contributed by atoms with Gasteiger partial charge in [-0.15, -0.1) is 0 Å². The molecule has 0 atom stereocenters. The molecule has 2 rings (SSSR count). The zero-order chi connectivity index (χ0) is 20.0. The molecule has 0 heterocycles. The molecule has 0 saturated carbocycles. The quantitative estimate of drug-likeness (QED) is 0.792. The van der Waals surface area contributed by atoms with Gasteiger partial charge >= 0.3 is 5.97 Å². The van der Waals surface area contributed by atoms with Crippen molar-refractivity contribution in [2.75, 3.05) is 23.4 Å². The van der Waals surface area contributed by atoms with Crippen molar-refractivity contribution < 1.29 is 19.1 Å². The number of rotatable bonds is 6. The largest absolute Gasteiger partial charge is 0.462 e. The zero-order valence-electron chi connectivity index (χ0n) is 16.0. The highest BCUT2D eigenvalue weighted by Gasteiger charge is 2.21. The van der Waals surface area contributed by atoms with Gasteiger partial charge < -0.3 is 15.0 Å². The summed E-state index contributed by atoms with van der Waals surface area (Å²) in [7, 11) is 0. The molecule has 0 saturated heterocycles. The zero-order valence-corrected chi connectivity index (χ0v) is 16.0. The van der Waals surface area contributed by atoms with Crippen LogP contribution in [0, 0.1) is 13.8 Å². The lowest BCUT2D eigenvalue weighted by atomic mass is 10.1. The summed E-state index contributed by atoms with van der Waals surface area (Å²) in [6.07, 6.45) is 0. The van der Waals surface area contributed by atoms with Crippen molar-refractivity contribution in [3.05, 3.63) is 59.2 Å². The lowest BCUT2D eigenvalue weighted by molar-refractivity contribution is -0.120. The molecule has 0 fully saturated rings. The Balaban J connectivity index is 2.24. The van der Waals surface area contributed by atoms with Crippen molar-refractivity contribution in [2.24, 2.45) is 0 Å². The van der Waals surface area contributed by atoms with E-state index in [1.807, 2.05) is 32.0 Å².